The summed E-state index contributed by atoms with van der Waals surface area (Å²) in [5, 5.41) is 9.10. The van der Waals surface area contributed by atoms with Crippen molar-refractivity contribution in [3.63, 3.8) is 0 Å². The zero-order valence-corrected chi connectivity index (χ0v) is 23.3. The number of para-hydroxylation sites is 1. The van der Waals surface area contributed by atoms with Crippen LogP contribution in [0.25, 0.3) is 64.2 Å². The molecule has 6 aromatic carbocycles. The zero-order chi connectivity index (χ0) is 27.4. The van der Waals surface area contributed by atoms with Gasteiger partial charge in [0.25, 0.3) is 0 Å². The predicted octanol–water partition coefficient (Wildman–Crippen LogP) is 10.6. The standard InChI is InChI=1S/C38H23N3S/c1-2-9-22(10-3-1)23-17-18-30-31(21-23)40-38-36(39-30)29-20-24(19-28-26-11-4-6-14-32(26)41(38)37(28)29)25-13-8-16-34-35(25)27-12-5-7-15-33(27)42-34/h1-21,36,39H. The maximum atomic E-state index is 5.36. The van der Waals surface area contributed by atoms with E-state index in [2.05, 4.69) is 137 Å². The molecule has 0 spiro atoms. The van der Waals surface area contributed by atoms with Gasteiger partial charge in [-0.1, -0.05) is 84.9 Å². The summed E-state index contributed by atoms with van der Waals surface area (Å²) < 4.78 is 5.05. The first-order valence-electron chi connectivity index (χ1n) is 14.3. The van der Waals surface area contributed by atoms with E-state index in [9.17, 15) is 0 Å². The van der Waals surface area contributed by atoms with Crippen LogP contribution in [0.4, 0.5) is 11.4 Å². The molecular weight excluding hydrogens is 531 g/mol. The van der Waals surface area contributed by atoms with E-state index < -0.39 is 0 Å². The van der Waals surface area contributed by atoms with Gasteiger partial charge in [0.05, 0.1) is 22.4 Å². The molecule has 1 unspecified atom stereocenters. The fourth-order valence-electron chi connectivity index (χ4n) is 7.12. The highest BCUT2D eigenvalue weighted by molar-refractivity contribution is 7.25. The predicted molar refractivity (Wildman–Crippen MR) is 179 cm³/mol. The third-order valence-corrected chi connectivity index (χ3v) is 10.1. The number of anilines is 1. The zero-order valence-electron chi connectivity index (χ0n) is 22.5. The highest BCUT2D eigenvalue weighted by Crippen LogP contribution is 2.49. The van der Waals surface area contributed by atoms with Crippen LogP contribution in [0.3, 0.4) is 0 Å². The Morgan fingerprint density at radius 3 is 2.36 bits per heavy atom. The molecular formula is C38H23N3S. The Hall–Kier alpha value is -5.19. The van der Waals surface area contributed by atoms with Crippen molar-refractivity contribution in [2.45, 2.75) is 6.04 Å². The van der Waals surface area contributed by atoms with Crippen LogP contribution in [-0.4, -0.2) is 10.4 Å². The fourth-order valence-corrected chi connectivity index (χ4v) is 8.25. The minimum Gasteiger partial charge on any atom is -0.370 e. The quantitative estimate of drug-likeness (QED) is 0.227. The summed E-state index contributed by atoms with van der Waals surface area (Å²) in [6, 6.07) is 46.2. The number of rotatable bonds is 2. The number of thiophene rings is 1. The van der Waals surface area contributed by atoms with Crippen LogP contribution in [0.5, 0.6) is 0 Å². The van der Waals surface area contributed by atoms with E-state index in [0.29, 0.717) is 0 Å². The summed E-state index contributed by atoms with van der Waals surface area (Å²) in [7, 11) is 0. The van der Waals surface area contributed by atoms with Crippen LogP contribution in [0.15, 0.2) is 132 Å². The highest BCUT2D eigenvalue weighted by Gasteiger charge is 2.36. The monoisotopic (exact) mass is 553 g/mol. The summed E-state index contributed by atoms with van der Waals surface area (Å²) in [6.07, 6.45) is 0. The maximum absolute atomic E-state index is 5.36. The lowest BCUT2D eigenvalue weighted by atomic mass is 9.93. The lowest BCUT2D eigenvalue weighted by Crippen LogP contribution is -2.24. The fraction of sp³-hybridized carbons (Fsp3) is 0.0263. The third kappa shape index (κ3) is 2.97. The van der Waals surface area contributed by atoms with Crippen LogP contribution >= 0.6 is 11.3 Å². The van der Waals surface area contributed by atoms with Gasteiger partial charge >= 0.3 is 0 Å². The van der Waals surface area contributed by atoms with Crippen molar-refractivity contribution >= 4 is 70.5 Å². The molecule has 196 valence electrons. The normalized spacial score (nSPS) is 15.2. The van der Waals surface area contributed by atoms with Crippen LogP contribution in [-0.2, 0) is 0 Å². The van der Waals surface area contributed by atoms with Crippen molar-refractivity contribution in [1.29, 1.82) is 0 Å². The lowest BCUT2D eigenvalue weighted by molar-refractivity contribution is 1.02. The molecule has 4 heteroatoms. The van der Waals surface area contributed by atoms with Gasteiger partial charge in [0.15, 0.2) is 0 Å². The maximum Gasteiger partial charge on any atom is 0.141 e. The van der Waals surface area contributed by atoms with E-state index in [0.717, 1.165) is 17.2 Å². The minimum absolute atomic E-state index is 0.0134. The van der Waals surface area contributed by atoms with Crippen molar-refractivity contribution < 1.29 is 0 Å². The van der Waals surface area contributed by atoms with E-state index in [1.807, 2.05) is 11.3 Å². The number of nitrogens with one attached hydrogen (secondary N) is 1. The van der Waals surface area contributed by atoms with E-state index in [1.54, 1.807) is 0 Å². The average molecular weight is 554 g/mol. The number of fused-ring (bicyclic) bond motifs is 10. The Balaban J connectivity index is 1.23. The molecule has 0 bridgehead atoms. The largest absolute Gasteiger partial charge is 0.370 e. The Bertz CT molecular complexity index is 2440. The number of hydrogen-bond acceptors (Lipinski definition) is 3. The van der Waals surface area contributed by atoms with Gasteiger partial charge in [0.2, 0.25) is 0 Å². The molecule has 0 radical (unpaired) electrons. The van der Waals surface area contributed by atoms with E-state index >= 15 is 0 Å². The first-order valence-corrected chi connectivity index (χ1v) is 15.2. The van der Waals surface area contributed by atoms with Crippen LogP contribution in [0.1, 0.15) is 11.6 Å². The molecule has 42 heavy (non-hydrogen) atoms. The van der Waals surface area contributed by atoms with Crippen LogP contribution < -0.4 is 5.32 Å². The number of benzene rings is 6. The average Bonchev–Trinajstić information content (AvgIpc) is 3.70. The van der Waals surface area contributed by atoms with Gasteiger partial charge in [0.1, 0.15) is 11.9 Å². The van der Waals surface area contributed by atoms with Crippen molar-refractivity contribution in [3.8, 4) is 22.3 Å². The molecule has 0 saturated heterocycles. The van der Waals surface area contributed by atoms with Gasteiger partial charge < -0.3 is 5.32 Å². The lowest BCUT2D eigenvalue weighted by Gasteiger charge is -2.24. The van der Waals surface area contributed by atoms with Crippen molar-refractivity contribution in [3.05, 3.63) is 133 Å². The molecule has 1 atom stereocenters. The number of aromatic nitrogens is 1. The van der Waals surface area contributed by atoms with Crippen LogP contribution in [0.2, 0.25) is 0 Å². The first-order chi connectivity index (χ1) is 20.8. The van der Waals surface area contributed by atoms with Gasteiger partial charge in [0, 0.05) is 36.5 Å². The smallest absolute Gasteiger partial charge is 0.141 e. The SMILES string of the molecule is c1ccc(-c2ccc3c(c2)N=C2C(N3)c3cc(-c4cccc5sc6ccccc6c45)cc4c5ccccc5n2c34)cc1. The molecule has 1 N–H and O–H groups in total. The molecule has 8 aromatic rings. The van der Waals surface area contributed by atoms with Crippen molar-refractivity contribution in [2.75, 3.05) is 5.32 Å². The first kappa shape index (κ1) is 22.5. The Morgan fingerprint density at radius 1 is 0.619 bits per heavy atom. The summed E-state index contributed by atoms with van der Waals surface area (Å²) in [6.45, 7) is 0. The summed E-state index contributed by atoms with van der Waals surface area (Å²) >= 11 is 1.87. The number of nitrogens with zero attached hydrogens (tertiary/aromatic N) is 2. The molecule has 10 rings (SSSR count). The molecule has 0 fully saturated rings. The Labute approximate surface area is 246 Å². The van der Waals surface area contributed by atoms with Crippen LogP contribution in [0, 0.1) is 0 Å². The third-order valence-electron chi connectivity index (χ3n) is 8.95. The summed E-state index contributed by atoms with van der Waals surface area (Å²) in [5.74, 6) is 1.05. The second-order valence-corrected chi connectivity index (χ2v) is 12.3. The van der Waals surface area contributed by atoms with Gasteiger partial charge in [-0.05, 0) is 64.7 Å². The minimum atomic E-state index is -0.0134. The number of hydrogen-bond donors (Lipinski definition) is 1. The van der Waals surface area contributed by atoms with E-state index in [1.165, 1.54) is 69.8 Å². The molecule has 3 nitrogen and oxygen atoms in total. The van der Waals surface area contributed by atoms with E-state index in [4.69, 9.17) is 4.99 Å². The molecule has 0 saturated carbocycles. The summed E-state index contributed by atoms with van der Waals surface area (Å²) in [5.41, 5.74) is 10.7. The molecule has 4 heterocycles. The second-order valence-electron chi connectivity index (χ2n) is 11.2. The highest BCUT2D eigenvalue weighted by atomic mass is 32.1. The molecule has 2 aliphatic heterocycles. The van der Waals surface area contributed by atoms with Gasteiger partial charge in [-0.15, -0.1) is 11.3 Å². The van der Waals surface area contributed by atoms with E-state index in [-0.39, 0.29) is 6.04 Å². The second kappa shape index (κ2) is 8.19. The molecule has 0 amide bonds. The van der Waals surface area contributed by atoms with Gasteiger partial charge in [-0.2, -0.15) is 0 Å². The molecule has 2 aliphatic rings. The van der Waals surface area contributed by atoms with Crippen molar-refractivity contribution in [2.24, 2.45) is 4.99 Å². The topological polar surface area (TPSA) is 29.3 Å². The Morgan fingerprint density at radius 2 is 1.43 bits per heavy atom. The summed E-state index contributed by atoms with van der Waals surface area (Å²) in [4.78, 5) is 5.36. The van der Waals surface area contributed by atoms with Gasteiger partial charge in [-0.25, -0.2) is 4.99 Å². The molecule has 2 aromatic heterocycles. The van der Waals surface area contributed by atoms with Crippen molar-refractivity contribution in [1.82, 2.24) is 4.57 Å². The number of aliphatic imine (C=N–C) groups is 1. The Kier molecular flexibility index (Phi) is 4.38. The van der Waals surface area contributed by atoms with Gasteiger partial charge in [-0.3, -0.25) is 4.57 Å². The molecule has 0 aliphatic carbocycles.